The summed E-state index contributed by atoms with van der Waals surface area (Å²) in [7, 11) is 0. The minimum Gasteiger partial charge on any atom is -0.393 e. The summed E-state index contributed by atoms with van der Waals surface area (Å²) in [5, 5.41) is 0. The Hall–Kier alpha value is -1.72. The van der Waals surface area contributed by atoms with Gasteiger partial charge in [0.15, 0.2) is 0 Å². The third-order valence-electron chi connectivity index (χ3n) is 4.16. The van der Waals surface area contributed by atoms with E-state index in [1.807, 2.05) is 0 Å². The molecule has 0 radical (unpaired) electrons. The summed E-state index contributed by atoms with van der Waals surface area (Å²) >= 11 is 0. The van der Waals surface area contributed by atoms with Crippen LogP contribution < -0.4 is 0 Å². The molecule has 96 valence electrons. The Morgan fingerprint density at radius 1 is 0.556 bits per heavy atom. The zero-order valence-corrected chi connectivity index (χ0v) is 9.59. The number of hydrogen-bond donors (Lipinski definition) is 0. The average Bonchev–Trinajstić information content (AvgIpc) is 2.40. The van der Waals surface area contributed by atoms with E-state index in [1.54, 1.807) is 0 Å². The highest BCUT2D eigenvalue weighted by Crippen LogP contribution is 2.41. The van der Waals surface area contributed by atoms with Gasteiger partial charge < -0.3 is 9.47 Å². The highest BCUT2D eigenvalue weighted by molar-refractivity contribution is 5.98. The van der Waals surface area contributed by atoms with Crippen LogP contribution >= 0.6 is 0 Å². The fourth-order valence-electron chi connectivity index (χ4n) is 2.63. The van der Waals surface area contributed by atoms with Gasteiger partial charge in [-0.3, -0.25) is 19.2 Å². The van der Waals surface area contributed by atoms with Gasteiger partial charge in [0.25, 0.3) is 0 Å². The molecule has 2 aliphatic carbocycles. The summed E-state index contributed by atoms with van der Waals surface area (Å²) in [5.74, 6) is -1.52. The summed E-state index contributed by atoms with van der Waals surface area (Å²) in [6.45, 7) is 0. The minimum atomic E-state index is -0.309. The number of fused-ring (bicyclic) bond motifs is 2. The molecule has 0 amide bonds. The van der Waals surface area contributed by atoms with Crippen LogP contribution in [0.5, 0.6) is 0 Å². The predicted molar refractivity (Wildman–Crippen MR) is 54.6 cm³/mol. The number of hydrogen-bond acceptors (Lipinski definition) is 6. The molecule has 0 bridgehead atoms. The molecule has 4 rings (SSSR count). The summed E-state index contributed by atoms with van der Waals surface area (Å²) in [6.07, 6.45) is 3.37. The first-order chi connectivity index (χ1) is 8.58. The van der Waals surface area contributed by atoms with E-state index in [4.69, 9.17) is 0 Å². The van der Waals surface area contributed by atoms with E-state index < -0.39 is 0 Å². The molecule has 4 fully saturated rings. The Morgan fingerprint density at radius 3 is 0.889 bits per heavy atom. The van der Waals surface area contributed by atoms with E-state index in [-0.39, 0.29) is 47.5 Å². The Labute approximate surface area is 103 Å². The average molecular weight is 252 g/mol. The van der Waals surface area contributed by atoms with Crippen LogP contribution in [-0.2, 0) is 28.7 Å². The Kier molecular flexibility index (Phi) is 2.46. The second-order valence-corrected chi connectivity index (χ2v) is 5.06. The zero-order valence-electron chi connectivity index (χ0n) is 9.59. The van der Waals surface area contributed by atoms with Gasteiger partial charge in [0.2, 0.25) is 0 Å². The molecule has 2 heterocycles. The lowest BCUT2D eigenvalue weighted by Gasteiger charge is -2.22. The van der Waals surface area contributed by atoms with Crippen molar-refractivity contribution in [1.29, 1.82) is 0 Å². The van der Waals surface area contributed by atoms with Crippen molar-refractivity contribution in [3.8, 4) is 0 Å². The van der Waals surface area contributed by atoms with Gasteiger partial charge in [-0.05, 0) is 25.7 Å². The molecule has 2 saturated heterocycles. The summed E-state index contributed by atoms with van der Waals surface area (Å²) < 4.78 is 8.74. The molecular formula is C12H12O6. The molecule has 0 aromatic rings. The number of cyclic esters (lactones) is 4. The number of carbonyl (C=O) groups is 4. The van der Waals surface area contributed by atoms with Crippen LogP contribution in [0.1, 0.15) is 25.7 Å². The van der Waals surface area contributed by atoms with Gasteiger partial charge in [-0.15, -0.1) is 0 Å². The molecule has 0 aromatic heterocycles. The topological polar surface area (TPSA) is 86.7 Å². The third kappa shape index (κ3) is 1.55. The molecule has 4 aliphatic rings. The fourth-order valence-corrected chi connectivity index (χ4v) is 2.63. The normalized spacial score (nSPS) is 39.6. The second-order valence-electron chi connectivity index (χ2n) is 5.06. The highest BCUT2D eigenvalue weighted by Gasteiger charge is 2.50. The lowest BCUT2D eigenvalue weighted by Crippen LogP contribution is -2.27. The van der Waals surface area contributed by atoms with E-state index in [0.29, 0.717) is 0 Å². The standard InChI is InChI=1S/2C6H6O3/c2*7-5-3-1-2-4(3)6(8)9-5/h2*3-4H,1-2H2/t2*3-,4+. The quantitative estimate of drug-likeness (QED) is 0.452. The lowest BCUT2D eigenvalue weighted by molar-refractivity contribution is -0.155. The lowest BCUT2D eigenvalue weighted by atomic mass is 9.76. The fraction of sp³-hybridized carbons (Fsp3) is 0.667. The molecule has 2 saturated carbocycles. The Balaban J connectivity index is 0.000000111. The Bertz CT molecular complexity index is 371. The first-order valence-electron chi connectivity index (χ1n) is 6.09. The van der Waals surface area contributed by atoms with E-state index in [1.165, 1.54) is 0 Å². The summed E-state index contributed by atoms with van der Waals surface area (Å²) in [4.78, 5) is 42.4. The minimum absolute atomic E-state index is 0.0718. The highest BCUT2D eigenvalue weighted by atomic mass is 16.6. The monoisotopic (exact) mass is 252 g/mol. The zero-order chi connectivity index (χ0) is 12.9. The number of esters is 4. The smallest absolute Gasteiger partial charge is 0.317 e. The van der Waals surface area contributed by atoms with Crippen LogP contribution in [0.4, 0.5) is 0 Å². The molecule has 4 atom stereocenters. The van der Waals surface area contributed by atoms with Crippen molar-refractivity contribution in [2.45, 2.75) is 25.7 Å². The van der Waals surface area contributed by atoms with E-state index in [0.717, 1.165) is 25.7 Å². The van der Waals surface area contributed by atoms with Crippen molar-refractivity contribution in [2.24, 2.45) is 23.7 Å². The molecular weight excluding hydrogens is 240 g/mol. The molecule has 0 spiro atoms. The van der Waals surface area contributed by atoms with Crippen LogP contribution in [0.15, 0.2) is 0 Å². The van der Waals surface area contributed by atoms with E-state index in [2.05, 4.69) is 9.47 Å². The van der Waals surface area contributed by atoms with Gasteiger partial charge >= 0.3 is 23.9 Å². The van der Waals surface area contributed by atoms with Crippen LogP contribution in [0.25, 0.3) is 0 Å². The van der Waals surface area contributed by atoms with Crippen LogP contribution in [0, 0.1) is 23.7 Å². The predicted octanol–water partition coefficient (Wildman–Crippen LogP) is 0.192. The van der Waals surface area contributed by atoms with Gasteiger partial charge in [0, 0.05) is 0 Å². The third-order valence-corrected chi connectivity index (χ3v) is 4.16. The van der Waals surface area contributed by atoms with Crippen molar-refractivity contribution in [2.75, 3.05) is 0 Å². The van der Waals surface area contributed by atoms with Crippen LogP contribution in [-0.4, -0.2) is 23.9 Å². The number of ether oxygens (including phenoxy) is 2. The number of rotatable bonds is 0. The van der Waals surface area contributed by atoms with E-state index in [9.17, 15) is 19.2 Å². The molecule has 0 N–H and O–H groups in total. The SMILES string of the molecule is O=C1OC(=O)[C@@H]2CC[C@H]12.O=C1OC(=O)[C@@H]2CC[C@H]12. The number of carbonyl (C=O) groups excluding carboxylic acids is 4. The maximum atomic E-state index is 10.6. The summed E-state index contributed by atoms with van der Waals surface area (Å²) in [6, 6.07) is 0. The molecule has 0 aromatic carbocycles. The van der Waals surface area contributed by atoms with Crippen molar-refractivity contribution >= 4 is 23.9 Å². The first kappa shape index (κ1) is 11.4. The molecule has 18 heavy (non-hydrogen) atoms. The molecule has 0 unspecified atom stereocenters. The molecule has 2 aliphatic heterocycles. The van der Waals surface area contributed by atoms with Crippen molar-refractivity contribution in [3.63, 3.8) is 0 Å². The van der Waals surface area contributed by atoms with Crippen LogP contribution in [0.3, 0.4) is 0 Å². The largest absolute Gasteiger partial charge is 0.393 e. The van der Waals surface area contributed by atoms with Gasteiger partial charge in [-0.25, -0.2) is 0 Å². The summed E-state index contributed by atoms with van der Waals surface area (Å²) in [5.41, 5.74) is 0. The van der Waals surface area contributed by atoms with Crippen molar-refractivity contribution < 1.29 is 28.7 Å². The van der Waals surface area contributed by atoms with Crippen molar-refractivity contribution in [3.05, 3.63) is 0 Å². The molecule has 6 nitrogen and oxygen atoms in total. The Morgan fingerprint density at radius 2 is 0.778 bits per heavy atom. The van der Waals surface area contributed by atoms with Crippen LogP contribution in [0.2, 0.25) is 0 Å². The van der Waals surface area contributed by atoms with Gasteiger partial charge in [-0.2, -0.15) is 0 Å². The van der Waals surface area contributed by atoms with Crippen molar-refractivity contribution in [1.82, 2.24) is 0 Å². The maximum Gasteiger partial charge on any atom is 0.317 e. The van der Waals surface area contributed by atoms with Gasteiger partial charge in [-0.1, -0.05) is 0 Å². The first-order valence-corrected chi connectivity index (χ1v) is 6.09. The molecule has 6 heteroatoms. The van der Waals surface area contributed by atoms with E-state index >= 15 is 0 Å². The van der Waals surface area contributed by atoms with Gasteiger partial charge in [0.05, 0.1) is 23.7 Å². The second kappa shape index (κ2) is 3.90. The van der Waals surface area contributed by atoms with Gasteiger partial charge in [0.1, 0.15) is 0 Å². The maximum absolute atomic E-state index is 10.6.